The van der Waals surface area contributed by atoms with Crippen molar-refractivity contribution in [1.29, 1.82) is 0 Å². The molecule has 0 aromatic heterocycles. The first-order valence-corrected chi connectivity index (χ1v) is 7.29. The molecule has 0 saturated carbocycles. The summed E-state index contributed by atoms with van der Waals surface area (Å²) in [5.74, 6) is 0.728. The zero-order valence-electron chi connectivity index (χ0n) is 12.0. The van der Waals surface area contributed by atoms with Crippen molar-refractivity contribution in [2.75, 3.05) is 19.1 Å². The van der Waals surface area contributed by atoms with Crippen LogP contribution in [0, 0.1) is 0 Å². The van der Waals surface area contributed by atoms with Crippen molar-refractivity contribution in [2.45, 2.75) is 6.54 Å². The number of thiocarbonyl (C=S) groups is 1. The van der Waals surface area contributed by atoms with Gasteiger partial charge in [0.1, 0.15) is 5.75 Å². The van der Waals surface area contributed by atoms with E-state index >= 15 is 0 Å². The molecule has 0 bridgehead atoms. The van der Waals surface area contributed by atoms with Crippen LogP contribution in [0.15, 0.2) is 48.5 Å². The van der Waals surface area contributed by atoms with Gasteiger partial charge in [-0.3, -0.25) is 0 Å². The highest BCUT2D eigenvalue weighted by Crippen LogP contribution is 2.30. The Bertz CT molecular complexity index is 619. The van der Waals surface area contributed by atoms with Crippen LogP contribution in [0.25, 0.3) is 0 Å². The number of hydrogen-bond acceptors (Lipinski definition) is 2. The normalized spacial score (nSPS) is 10.0. The second-order valence-corrected chi connectivity index (χ2v) is 5.34. The van der Waals surface area contributed by atoms with E-state index in [4.69, 9.17) is 28.6 Å². The number of ether oxygens (including phenoxy) is 1. The van der Waals surface area contributed by atoms with Crippen LogP contribution in [0.5, 0.6) is 5.75 Å². The first-order chi connectivity index (χ1) is 10.1. The van der Waals surface area contributed by atoms with Crippen LogP contribution >= 0.6 is 23.8 Å². The van der Waals surface area contributed by atoms with E-state index in [0.717, 1.165) is 11.4 Å². The highest BCUT2D eigenvalue weighted by atomic mass is 35.5. The van der Waals surface area contributed by atoms with E-state index in [-0.39, 0.29) is 0 Å². The fourth-order valence-electron chi connectivity index (χ4n) is 1.93. The molecular weight excluding hydrogens is 304 g/mol. The van der Waals surface area contributed by atoms with Crippen molar-refractivity contribution in [3.05, 3.63) is 59.1 Å². The maximum absolute atomic E-state index is 6.05. The van der Waals surface area contributed by atoms with Crippen molar-refractivity contribution in [2.24, 2.45) is 0 Å². The van der Waals surface area contributed by atoms with Crippen LogP contribution in [0.4, 0.5) is 5.69 Å². The Morgan fingerprint density at radius 1 is 1.24 bits per heavy atom. The third-order valence-electron chi connectivity index (χ3n) is 3.09. The predicted molar refractivity (Wildman–Crippen MR) is 92.3 cm³/mol. The van der Waals surface area contributed by atoms with E-state index in [2.05, 4.69) is 17.4 Å². The summed E-state index contributed by atoms with van der Waals surface area (Å²) < 4.78 is 5.35. The lowest BCUT2D eigenvalue weighted by molar-refractivity contribution is 0.416. The molecule has 110 valence electrons. The Morgan fingerprint density at radius 3 is 2.62 bits per heavy atom. The second-order valence-electron chi connectivity index (χ2n) is 4.52. The van der Waals surface area contributed by atoms with Crippen molar-refractivity contribution in [3.8, 4) is 5.75 Å². The van der Waals surface area contributed by atoms with Crippen molar-refractivity contribution >= 4 is 34.6 Å². The minimum atomic E-state index is 0.611. The van der Waals surface area contributed by atoms with E-state index < -0.39 is 0 Å². The zero-order valence-corrected chi connectivity index (χ0v) is 13.5. The van der Waals surface area contributed by atoms with Crippen molar-refractivity contribution < 1.29 is 4.74 Å². The lowest BCUT2D eigenvalue weighted by atomic mass is 10.2. The molecular formula is C16H17ClN2OS. The molecule has 0 spiro atoms. The summed E-state index contributed by atoms with van der Waals surface area (Å²) in [4.78, 5) is 1.85. The average molecular weight is 321 g/mol. The smallest absolute Gasteiger partial charge is 0.173 e. The van der Waals surface area contributed by atoms with Crippen LogP contribution in [0.2, 0.25) is 5.02 Å². The van der Waals surface area contributed by atoms with Crippen LogP contribution in [-0.4, -0.2) is 19.3 Å². The molecule has 0 fully saturated rings. The molecule has 2 aromatic rings. The van der Waals surface area contributed by atoms with Gasteiger partial charge < -0.3 is 15.0 Å². The summed E-state index contributed by atoms with van der Waals surface area (Å²) in [6, 6.07) is 15.5. The predicted octanol–water partition coefficient (Wildman–Crippen LogP) is 3.86. The summed E-state index contributed by atoms with van der Waals surface area (Å²) >= 11 is 11.5. The maximum Gasteiger partial charge on any atom is 0.173 e. The number of hydrogen-bond donors (Lipinski definition) is 1. The largest absolute Gasteiger partial charge is 0.495 e. The molecule has 2 aromatic carbocycles. The SMILES string of the molecule is COc1ccc(Cl)cc1N(C)C(=S)NCc1ccccc1. The molecule has 0 aliphatic carbocycles. The van der Waals surface area contributed by atoms with Gasteiger partial charge in [0.2, 0.25) is 0 Å². The van der Waals surface area contributed by atoms with Crippen molar-refractivity contribution in [3.63, 3.8) is 0 Å². The summed E-state index contributed by atoms with van der Waals surface area (Å²) in [6.07, 6.45) is 0. The lowest BCUT2D eigenvalue weighted by Crippen LogP contribution is -2.36. The summed E-state index contributed by atoms with van der Waals surface area (Å²) in [7, 11) is 3.51. The van der Waals surface area contributed by atoms with Gasteiger partial charge in [-0.2, -0.15) is 0 Å². The third kappa shape index (κ3) is 4.09. The highest BCUT2D eigenvalue weighted by molar-refractivity contribution is 7.80. The summed E-state index contributed by atoms with van der Waals surface area (Å²) in [6.45, 7) is 0.674. The molecule has 0 radical (unpaired) electrons. The molecule has 3 nitrogen and oxygen atoms in total. The van der Waals surface area contributed by atoms with E-state index in [1.54, 1.807) is 13.2 Å². The third-order valence-corrected chi connectivity index (χ3v) is 3.75. The van der Waals surface area contributed by atoms with E-state index in [1.807, 2.05) is 42.3 Å². The molecule has 0 saturated heterocycles. The van der Waals surface area contributed by atoms with E-state index in [0.29, 0.717) is 16.7 Å². The number of nitrogens with one attached hydrogen (secondary N) is 1. The van der Waals surface area contributed by atoms with Crippen LogP contribution < -0.4 is 15.0 Å². The molecule has 1 N–H and O–H groups in total. The monoisotopic (exact) mass is 320 g/mol. The van der Waals surface area contributed by atoms with Gasteiger partial charge in [-0.05, 0) is 36.0 Å². The average Bonchev–Trinajstić information content (AvgIpc) is 2.52. The van der Waals surface area contributed by atoms with Gasteiger partial charge in [-0.25, -0.2) is 0 Å². The highest BCUT2D eigenvalue weighted by Gasteiger charge is 2.12. The van der Waals surface area contributed by atoms with E-state index in [1.165, 1.54) is 5.56 Å². The molecule has 0 atom stereocenters. The van der Waals surface area contributed by atoms with Gasteiger partial charge in [0.15, 0.2) is 5.11 Å². The van der Waals surface area contributed by atoms with Crippen LogP contribution in [0.3, 0.4) is 0 Å². The first-order valence-electron chi connectivity index (χ1n) is 6.51. The molecule has 21 heavy (non-hydrogen) atoms. The van der Waals surface area contributed by atoms with Crippen molar-refractivity contribution in [1.82, 2.24) is 5.32 Å². The Kier molecular flexibility index (Phi) is 5.42. The lowest BCUT2D eigenvalue weighted by Gasteiger charge is -2.23. The van der Waals surface area contributed by atoms with E-state index in [9.17, 15) is 0 Å². The molecule has 0 unspecified atom stereocenters. The topological polar surface area (TPSA) is 24.5 Å². The number of rotatable bonds is 4. The molecule has 0 aliphatic heterocycles. The fraction of sp³-hybridized carbons (Fsp3) is 0.188. The Morgan fingerprint density at radius 2 is 1.95 bits per heavy atom. The number of nitrogens with zero attached hydrogens (tertiary/aromatic N) is 1. The summed E-state index contributed by atoms with van der Waals surface area (Å²) in [5, 5.41) is 4.48. The quantitative estimate of drug-likeness (QED) is 0.865. The molecule has 2 rings (SSSR count). The van der Waals surface area contributed by atoms with Gasteiger partial charge in [0.25, 0.3) is 0 Å². The standard InChI is InChI=1S/C16H17ClN2OS/c1-19(14-10-13(17)8-9-15(14)20-2)16(21)18-11-12-6-4-3-5-7-12/h3-10H,11H2,1-2H3,(H,18,21). The van der Waals surface area contributed by atoms with Crippen LogP contribution in [-0.2, 0) is 6.54 Å². The number of anilines is 1. The molecule has 0 aliphatic rings. The first kappa shape index (κ1) is 15.6. The minimum absolute atomic E-state index is 0.611. The Balaban J connectivity index is 2.07. The van der Waals surface area contributed by atoms with Gasteiger partial charge in [-0.1, -0.05) is 41.9 Å². The van der Waals surface area contributed by atoms with Crippen LogP contribution in [0.1, 0.15) is 5.56 Å². The summed E-state index contributed by atoms with van der Waals surface area (Å²) in [5.41, 5.74) is 2.00. The molecule has 0 amide bonds. The Labute approximate surface area is 135 Å². The van der Waals surface area contributed by atoms with Gasteiger partial charge in [0, 0.05) is 18.6 Å². The minimum Gasteiger partial charge on any atom is -0.495 e. The molecule has 0 heterocycles. The number of benzene rings is 2. The fourth-order valence-corrected chi connectivity index (χ4v) is 2.26. The zero-order chi connectivity index (χ0) is 15.2. The van der Waals surface area contributed by atoms with Gasteiger partial charge in [-0.15, -0.1) is 0 Å². The van der Waals surface area contributed by atoms with Gasteiger partial charge >= 0.3 is 0 Å². The maximum atomic E-state index is 6.05. The number of halogens is 1. The molecule has 5 heteroatoms. The second kappa shape index (κ2) is 7.29. The van der Waals surface area contributed by atoms with Gasteiger partial charge in [0.05, 0.1) is 12.8 Å². The number of methoxy groups -OCH3 is 1. The Hall–Kier alpha value is -1.78.